The second-order valence-electron chi connectivity index (χ2n) is 7.11. The third-order valence-corrected chi connectivity index (χ3v) is 5.19. The van der Waals surface area contributed by atoms with E-state index >= 15 is 0 Å². The van der Waals surface area contributed by atoms with Crippen molar-refractivity contribution < 1.29 is 9.53 Å². The number of carbonyl (C=O) groups excluding carboxylic acids is 1. The highest BCUT2D eigenvalue weighted by Gasteiger charge is 2.31. The van der Waals surface area contributed by atoms with Crippen LogP contribution in [0.5, 0.6) is 5.88 Å². The molecule has 3 aromatic rings. The van der Waals surface area contributed by atoms with E-state index in [2.05, 4.69) is 10.2 Å². The molecule has 1 amide bonds. The first-order valence-electron chi connectivity index (χ1n) is 9.38. The number of likely N-dealkylation sites (N-methyl/N-ethyl adjacent to an activating group) is 1. The van der Waals surface area contributed by atoms with Crippen molar-refractivity contribution in [3.8, 4) is 23.2 Å². The van der Waals surface area contributed by atoms with Gasteiger partial charge in [-0.25, -0.2) is 9.50 Å². The molecule has 3 heterocycles. The topological polar surface area (TPSA) is 101 Å². The predicted molar refractivity (Wildman–Crippen MR) is 105 cm³/mol. The van der Waals surface area contributed by atoms with Crippen LogP contribution in [0.25, 0.3) is 16.8 Å². The molecule has 0 radical (unpaired) electrons. The summed E-state index contributed by atoms with van der Waals surface area (Å²) in [5, 5.41) is 17.1. The summed E-state index contributed by atoms with van der Waals surface area (Å²) >= 11 is 0. The minimum atomic E-state index is -0.174. The SMILES string of the molecule is CN(C(=O)/C=C/C#N)[C@@H]1CC[C@H](Oc2nc(-c3cnn(C)c3)cn3nccc23)C1. The summed E-state index contributed by atoms with van der Waals surface area (Å²) in [5.74, 6) is 0.347. The number of aryl methyl sites for hydroxylation is 1. The summed E-state index contributed by atoms with van der Waals surface area (Å²) in [5.41, 5.74) is 2.41. The Balaban J connectivity index is 1.53. The Morgan fingerprint density at radius 3 is 3.00 bits per heavy atom. The second kappa shape index (κ2) is 7.75. The number of allylic oxidation sites excluding steroid dienone is 1. The van der Waals surface area contributed by atoms with Gasteiger partial charge >= 0.3 is 0 Å². The Bertz CT molecular complexity index is 1110. The fraction of sp³-hybridized carbons (Fsp3) is 0.350. The maximum Gasteiger partial charge on any atom is 0.247 e. The van der Waals surface area contributed by atoms with Crippen molar-refractivity contribution in [2.75, 3.05) is 7.05 Å². The zero-order valence-corrected chi connectivity index (χ0v) is 16.3. The zero-order valence-electron chi connectivity index (χ0n) is 16.3. The molecule has 0 aliphatic heterocycles. The molecule has 2 atom stereocenters. The Labute approximate surface area is 167 Å². The average molecular weight is 391 g/mol. The number of nitrogens with zero attached hydrogens (tertiary/aromatic N) is 7. The van der Waals surface area contributed by atoms with E-state index in [1.165, 1.54) is 12.2 Å². The normalized spacial score (nSPS) is 18.9. The molecule has 0 saturated heterocycles. The van der Waals surface area contributed by atoms with Gasteiger partial charge < -0.3 is 9.64 Å². The lowest BCUT2D eigenvalue weighted by atomic mass is 10.2. The van der Waals surface area contributed by atoms with E-state index in [4.69, 9.17) is 15.0 Å². The van der Waals surface area contributed by atoms with Gasteiger partial charge in [-0.2, -0.15) is 15.5 Å². The molecule has 9 heteroatoms. The summed E-state index contributed by atoms with van der Waals surface area (Å²) in [4.78, 5) is 18.5. The van der Waals surface area contributed by atoms with Crippen molar-refractivity contribution >= 4 is 11.4 Å². The molecule has 29 heavy (non-hydrogen) atoms. The smallest absolute Gasteiger partial charge is 0.247 e. The lowest BCUT2D eigenvalue weighted by molar-refractivity contribution is -0.126. The average Bonchev–Trinajstić information content (AvgIpc) is 3.46. The summed E-state index contributed by atoms with van der Waals surface area (Å²) in [6.07, 6.45) is 12.0. The van der Waals surface area contributed by atoms with Crippen LogP contribution in [0.15, 0.2) is 43.0 Å². The second-order valence-corrected chi connectivity index (χ2v) is 7.11. The van der Waals surface area contributed by atoms with Crippen LogP contribution in [-0.2, 0) is 11.8 Å². The number of fused-ring (bicyclic) bond motifs is 1. The molecule has 0 aromatic carbocycles. The highest BCUT2D eigenvalue weighted by atomic mass is 16.5. The molecule has 0 N–H and O–H groups in total. The van der Waals surface area contributed by atoms with Crippen LogP contribution < -0.4 is 4.74 Å². The quantitative estimate of drug-likeness (QED) is 0.487. The molecule has 1 aliphatic rings. The van der Waals surface area contributed by atoms with Crippen molar-refractivity contribution in [2.45, 2.75) is 31.4 Å². The van der Waals surface area contributed by atoms with Crippen LogP contribution in [0.4, 0.5) is 0 Å². The maximum atomic E-state index is 12.1. The Morgan fingerprint density at radius 2 is 2.24 bits per heavy atom. The number of amides is 1. The first-order chi connectivity index (χ1) is 14.0. The fourth-order valence-electron chi connectivity index (χ4n) is 3.62. The van der Waals surface area contributed by atoms with Crippen molar-refractivity contribution in [3.05, 3.63) is 43.0 Å². The lowest BCUT2D eigenvalue weighted by Gasteiger charge is -2.23. The van der Waals surface area contributed by atoms with E-state index < -0.39 is 0 Å². The van der Waals surface area contributed by atoms with Crippen LogP contribution in [0.2, 0.25) is 0 Å². The number of nitriles is 1. The molecule has 1 aliphatic carbocycles. The van der Waals surface area contributed by atoms with Crippen molar-refractivity contribution in [1.29, 1.82) is 5.26 Å². The Kier molecular flexibility index (Phi) is 4.99. The van der Waals surface area contributed by atoms with Crippen LogP contribution in [0.3, 0.4) is 0 Å². The lowest BCUT2D eigenvalue weighted by Crippen LogP contribution is -2.34. The summed E-state index contributed by atoms with van der Waals surface area (Å²) in [6, 6.07) is 3.78. The van der Waals surface area contributed by atoms with Gasteiger partial charge in [0.2, 0.25) is 11.8 Å². The minimum absolute atomic E-state index is 0.0504. The van der Waals surface area contributed by atoms with Crippen LogP contribution in [0, 0.1) is 11.3 Å². The van der Waals surface area contributed by atoms with Crippen LogP contribution in [0.1, 0.15) is 19.3 Å². The fourth-order valence-corrected chi connectivity index (χ4v) is 3.62. The third-order valence-electron chi connectivity index (χ3n) is 5.19. The van der Waals surface area contributed by atoms with E-state index in [-0.39, 0.29) is 18.1 Å². The largest absolute Gasteiger partial charge is 0.473 e. The molecular formula is C20H21N7O2. The van der Waals surface area contributed by atoms with Gasteiger partial charge in [-0.15, -0.1) is 0 Å². The molecule has 9 nitrogen and oxygen atoms in total. The number of rotatable bonds is 5. The van der Waals surface area contributed by atoms with E-state index in [0.29, 0.717) is 12.3 Å². The number of hydrogen-bond acceptors (Lipinski definition) is 6. The Hall–Kier alpha value is -3.67. The minimum Gasteiger partial charge on any atom is -0.473 e. The molecule has 1 fully saturated rings. The predicted octanol–water partition coefficient (Wildman–Crippen LogP) is 1.97. The number of carbonyl (C=O) groups is 1. The monoisotopic (exact) mass is 391 g/mol. The van der Waals surface area contributed by atoms with Gasteiger partial charge in [0.15, 0.2) is 0 Å². The van der Waals surface area contributed by atoms with Gasteiger partial charge in [0.1, 0.15) is 11.6 Å². The van der Waals surface area contributed by atoms with E-state index in [0.717, 1.165) is 29.6 Å². The van der Waals surface area contributed by atoms with Crippen LogP contribution >= 0.6 is 0 Å². The molecule has 0 spiro atoms. The zero-order chi connectivity index (χ0) is 20.4. The molecular weight excluding hydrogens is 370 g/mol. The maximum absolute atomic E-state index is 12.1. The van der Waals surface area contributed by atoms with E-state index in [9.17, 15) is 4.79 Å². The summed E-state index contributed by atoms with van der Waals surface area (Å²) in [6.45, 7) is 0. The first kappa shape index (κ1) is 18.7. The van der Waals surface area contributed by atoms with Crippen molar-refractivity contribution in [1.82, 2.24) is 29.3 Å². The van der Waals surface area contributed by atoms with Gasteiger partial charge in [0.05, 0.1) is 30.4 Å². The Morgan fingerprint density at radius 1 is 1.38 bits per heavy atom. The van der Waals surface area contributed by atoms with Gasteiger partial charge in [-0.05, 0) is 18.9 Å². The highest BCUT2D eigenvalue weighted by molar-refractivity contribution is 5.88. The highest BCUT2D eigenvalue weighted by Crippen LogP contribution is 2.30. The number of hydrogen-bond donors (Lipinski definition) is 0. The van der Waals surface area contributed by atoms with Crippen LogP contribution in [-0.4, -0.2) is 54.4 Å². The third kappa shape index (κ3) is 3.82. The summed E-state index contributed by atoms with van der Waals surface area (Å²) in [7, 11) is 3.61. The van der Waals surface area contributed by atoms with Gasteiger partial charge in [-0.1, -0.05) is 0 Å². The molecule has 1 saturated carbocycles. The van der Waals surface area contributed by atoms with E-state index in [1.54, 1.807) is 33.5 Å². The van der Waals surface area contributed by atoms with Crippen molar-refractivity contribution in [2.24, 2.45) is 7.05 Å². The molecule has 148 valence electrons. The first-order valence-corrected chi connectivity index (χ1v) is 9.38. The van der Waals surface area contributed by atoms with E-state index in [1.807, 2.05) is 31.6 Å². The van der Waals surface area contributed by atoms with Gasteiger partial charge in [-0.3, -0.25) is 9.48 Å². The molecule has 4 rings (SSSR count). The summed E-state index contributed by atoms with van der Waals surface area (Å²) < 4.78 is 9.72. The number of aromatic nitrogens is 5. The standard InChI is InChI=1S/C20H21N7O2/c1-25-12-14(11-23-25)17-13-27-18(7-9-22-27)20(24-17)29-16-6-5-15(10-16)26(2)19(28)4-3-8-21/h3-4,7,9,11-13,15-16H,5-6,10H2,1-2H3/b4-3+/t15-,16+/m1/s1. The molecule has 3 aromatic heterocycles. The molecule has 0 unspecified atom stereocenters. The van der Waals surface area contributed by atoms with Gasteiger partial charge in [0, 0.05) is 50.5 Å². The van der Waals surface area contributed by atoms with Crippen molar-refractivity contribution in [3.63, 3.8) is 0 Å². The van der Waals surface area contributed by atoms with Gasteiger partial charge in [0.25, 0.3) is 0 Å². The number of ether oxygens (including phenoxy) is 1. The molecule has 0 bridgehead atoms.